The molecule has 5 heteroatoms. The minimum absolute atomic E-state index is 0.0516. The number of hydrogen-bond donors (Lipinski definition) is 2. The van der Waals surface area contributed by atoms with Gasteiger partial charge in [-0.1, -0.05) is 6.07 Å². The highest BCUT2D eigenvalue weighted by Crippen LogP contribution is 2.28. The van der Waals surface area contributed by atoms with Gasteiger partial charge in [0.2, 0.25) is 5.91 Å². The Morgan fingerprint density at radius 1 is 1.35 bits per heavy atom. The Kier molecular flexibility index (Phi) is 4.39. The van der Waals surface area contributed by atoms with Crippen LogP contribution in [0.5, 0.6) is 0 Å². The lowest BCUT2D eigenvalue weighted by Crippen LogP contribution is -2.23. The van der Waals surface area contributed by atoms with E-state index in [9.17, 15) is 4.79 Å². The van der Waals surface area contributed by atoms with E-state index in [-0.39, 0.29) is 11.2 Å². The van der Waals surface area contributed by atoms with Crippen molar-refractivity contribution in [1.29, 1.82) is 0 Å². The largest absolute Gasteiger partial charge is 0.468 e. The summed E-state index contributed by atoms with van der Waals surface area (Å²) in [5, 5.41) is 2.70. The Balaban J connectivity index is 2.04. The summed E-state index contributed by atoms with van der Waals surface area (Å²) in [4.78, 5) is 13.2. The number of hydrogen-bond acceptors (Lipinski definition) is 4. The number of benzene rings is 1. The summed E-state index contributed by atoms with van der Waals surface area (Å²) in [5.74, 6) is 0.777. The molecule has 0 aliphatic carbocycles. The zero-order valence-corrected chi connectivity index (χ0v) is 12.6. The SMILES string of the molecule is Cc1occc1SC(C)C(=O)Nc1cccc(N)c1C. The fourth-order valence-corrected chi connectivity index (χ4v) is 2.66. The molecule has 0 spiro atoms. The average molecular weight is 290 g/mol. The number of carbonyl (C=O) groups excluding carboxylic acids is 1. The van der Waals surface area contributed by atoms with Crippen LogP contribution in [0.15, 0.2) is 39.8 Å². The summed E-state index contributed by atoms with van der Waals surface area (Å²) in [7, 11) is 0. The van der Waals surface area contributed by atoms with E-state index < -0.39 is 0 Å². The maximum atomic E-state index is 12.2. The molecular formula is C15H18N2O2S. The lowest BCUT2D eigenvalue weighted by atomic mass is 10.1. The van der Waals surface area contributed by atoms with Gasteiger partial charge >= 0.3 is 0 Å². The van der Waals surface area contributed by atoms with Gasteiger partial charge in [0.05, 0.1) is 11.5 Å². The summed E-state index contributed by atoms with van der Waals surface area (Å²) in [5.41, 5.74) is 8.15. The highest BCUT2D eigenvalue weighted by molar-refractivity contribution is 8.00. The molecule has 0 fully saturated rings. The summed E-state index contributed by atoms with van der Waals surface area (Å²) >= 11 is 1.48. The van der Waals surface area contributed by atoms with Crippen LogP contribution >= 0.6 is 11.8 Å². The van der Waals surface area contributed by atoms with Gasteiger partial charge in [0, 0.05) is 16.3 Å². The van der Waals surface area contributed by atoms with Crippen LogP contribution in [-0.2, 0) is 4.79 Å². The van der Waals surface area contributed by atoms with Crippen molar-refractivity contribution < 1.29 is 9.21 Å². The summed E-state index contributed by atoms with van der Waals surface area (Å²) in [6, 6.07) is 7.37. The molecule has 0 aliphatic heterocycles. The van der Waals surface area contributed by atoms with E-state index in [1.807, 2.05) is 45.0 Å². The quantitative estimate of drug-likeness (QED) is 0.667. The number of furan rings is 1. The van der Waals surface area contributed by atoms with Crippen LogP contribution in [0.3, 0.4) is 0 Å². The lowest BCUT2D eigenvalue weighted by Gasteiger charge is -2.14. The molecule has 1 atom stereocenters. The molecule has 20 heavy (non-hydrogen) atoms. The van der Waals surface area contributed by atoms with Gasteiger partial charge in [-0.05, 0) is 44.5 Å². The van der Waals surface area contributed by atoms with E-state index in [1.165, 1.54) is 11.8 Å². The third-order valence-electron chi connectivity index (χ3n) is 3.12. The topological polar surface area (TPSA) is 68.3 Å². The number of rotatable bonds is 4. The van der Waals surface area contributed by atoms with Gasteiger partial charge in [0.25, 0.3) is 0 Å². The van der Waals surface area contributed by atoms with Gasteiger partial charge in [-0.2, -0.15) is 0 Å². The zero-order chi connectivity index (χ0) is 14.7. The van der Waals surface area contributed by atoms with Crippen molar-refractivity contribution in [1.82, 2.24) is 0 Å². The summed E-state index contributed by atoms with van der Waals surface area (Å²) < 4.78 is 5.23. The third-order valence-corrected chi connectivity index (χ3v) is 4.36. The second-order valence-corrected chi connectivity index (χ2v) is 5.99. The van der Waals surface area contributed by atoms with Crippen LogP contribution < -0.4 is 11.1 Å². The van der Waals surface area contributed by atoms with Crippen molar-refractivity contribution in [2.24, 2.45) is 0 Å². The number of amides is 1. The highest BCUT2D eigenvalue weighted by Gasteiger charge is 2.17. The second-order valence-electron chi connectivity index (χ2n) is 4.61. The first kappa shape index (κ1) is 14.5. The normalized spacial score (nSPS) is 12.2. The van der Waals surface area contributed by atoms with Crippen LogP contribution in [0.1, 0.15) is 18.2 Å². The first-order chi connectivity index (χ1) is 9.49. The Hall–Kier alpha value is -1.88. The fourth-order valence-electron chi connectivity index (χ4n) is 1.76. The predicted molar refractivity (Wildman–Crippen MR) is 83.0 cm³/mol. The number of carbonyl (C=O) groups is 1. The molecule has 1 aromatic carbocycles. The molecule has 4 nitrogen and oxygen atoms in total. The Labute approximate surface area is 122 Å². The van der Waals surface area contributed by atoms with E-state index in [4.69, 9.17) is 10.2 Å². The standard InChI is InChI=1S/C15H18N2O2S/c1-9-12(16)5-4-6-13(9)17-15(18)11(3)20-14-7-8-19-10(14)2/h4-8,11H,16H2,1-3H3,(H,17,18). The van der Waals surface area contributed by atoms with Crippen LogP contribution in [0.2, 0.25) is 0 Å². The number of anilines is 2. The number of nitrogens with two attached hydrogens (primary N) is 1. The Morgan fingerprint density at radius 3 is 2.75 bits per heavy atom. The molecule has 0 saturated heterocycles. The zero-order valence-electron chi connectivity index (χ0n) is 11.8. The molecule has 1 unspecified atom stereocenters. The molecule has 1 heterocycles. The molecule has 0 aliphatic rings. The van der Waals surface area contributed by atoms with Gasteiger partial charge in [-0.15, -0.1) is 11.8 Å². The van der Waals surface area contributed by atoms with Gasteiger partial charge in [-0.3, -0.25) is 4.79 Å². The maximum Gasteiger partial charge on any atom is 0.237 e. The monoisotopic (exact) mass is 290 g/mol. The third kappa shape index (κ3) is 3.17. The first-order valence-electron chi connectivity index (χ1n) is 6.35. The molecule has 1 amide bonds. The molecule has 106 valence electrons. The van der Waals surface area contributed by atoms with Gasteiger partial charge < -0.3 is 15.5 Å². The fraction of sp³-hybridized carbons (Fsp3) is 0.267. The summed E-state index contributed by atoms with van der Waals surface area (Å²) in [6.45, 7) is 5.64. The lowest BCUT2D eigenvalue weighted by molar-refractivity contribution is -0.115. The van der Waals surface area contributed by atoms with E-state index in [1.54, 1.807) is 6.26 Å². The first-order valence-corrected chi connectivity index (χ1v) is 7.23. The molecule has 2 aromatic rings. The molecular weight excluding hydrogens is 272 g/mol. The van der Waals surface area contributed by atoms with Gasteiger partial charge in [0.1, 0.15) is 5.76 Å². The van der Waals surface area contributed by atoms with E-state index >= 15 is 0 Å². The predicted octanol–water partition coefficient (Wildman–Crippen LogP) is 3.60. The van der Waals surface area contributed by atoms with Crippen LogP contribution in [-0.4, -0.2) is 11.2 Å². The number of nitrogen functional groups attached to an aromatic ring is 1. The van der Waals surface area contributed by atoms with E-state index in [2.05, 4.69) is 5.32 Å². The average Bonchev–Trinajstić information content (AvgIpc) is 2.80. The minimum atomic E-state index is -0.216. The molecule has 1 aromatic heterocycles. The van der Waals surface area contributed by atoms with Gasteiger partial charge in [-0.25, -0.2) is 0 Å². The van der Waals surface area contributed by atoms with Crippen LogP contribution in [0, 0.1) is 13.8 Å². The van der Waals surface area contributed by atoms with Crippen LogP contribution in [0.4, 0.5) is 11.4 Å². The van der Waals surface area contributed by atoms with Crippen molar-refractivity contribution >= 4 is 29.0 Å². The van der Waals surface area contributed by atoms with E-state index in [0.29, 0.717) is 5.69 Å². The van der Waals surface area contributed by atoms with Gasteiger partial charge in [0.15, 0.2) is 0 Å². The Morgan fingerprint density at radius 2 is 2.10 bits per heavy atom. The highest BCUT2D eigenvalue weighted by atomic mass is 32.2. The maximum absolute atomic E-state index is 12.2. The number of nitrogens with one attached hydrogen (secondary N) is 1. The summed E-state index contributed by atoms with van der Waals surface area (Å²) in [6.07, 6.45) is 1.63. The molecule has 0 saturated carbocycles. The molecule has 0 radical (unpaired) electrons. The number of aryl methyl sites for hydroxylation is 1. The van der Waals surface area contributed by atoms with Crippen molar-refractivity contribution in [3.8, 4) is 0 Å². The van der Waals surface area contributed by atoms with Crippen LogP contribution in [0.25, 0.3) is 0 Å². The Bertz CT molecular complexity index is 622. The molecule has 3 N–H and O–H groups in total. The number of thioether (sulfide) groups is 1. The molecule has 2 rings (SSSR count). The van der Waals surface area contributed by atoms with Crippen molar-refractivity contribution in [2.75, 3.05) is 11.1 Å². The molecule has 0 bridgehead atoms. The van der Waals surface area contributed by atoms with E-state index in [0.717, 1.165) is 21.9 Å². The smallest absolute Gasteiger partial charge is 0.237 e. The minimum Gasteiger partial charge on any atom is -0.468 e. The van der Waals surface area contributed by atoms with Crippen molar-refractivity contribution in [3.05, 3.63) is 41.9 Å². The second kappa shape index (κ2) is 6.05. The van der Waals surface area contributed by atoms with Crippen molar-refractivity contribution in [3.63, 3.8) is 0 Å². The van der Waals surface area contributed by atoms with Crippen molar-refractivity contribution in [2.45, 2.75) is 30.9 Å².